The minimum Gasteiger partial charge on any atom is -0.497 e. The zero-order valence-corrected chi connectivity index (χ0v) is 17.1. The lowest BCUT2D eigenvalue weighted by atomic mass is 9.79. The largest absolute Gasteiger partial charge is 0.497 e. The summed E-state index contributed by atoms with van der Waals surface area (Å²) in [5.74, 6) is 1.59. The maximum atomic E-state index is 13.5. The van der Waals surface area contributed by atoms with E-state index >= 15 is 0 Å². The van der Waals surface area contributed by atoms with Crippen LogP contribution in [-0.2, 0) is 10.3 Å². The molecule has 1 amide bonds. The van der Waals surface area contributed by atoms with Crippen molar-refractivity contribution in [2.24, 2.45) is 10.7 Å². The molecular weight excluding hydrogens is 402 g/mol. The molecule has 3 aromatic carbocycles. The molecule has 7 heteroatoms. The zero-order valence-electron chi connectivity index (χ0n) is 16.3. The lowest BCUT2D eigenvalue weighted by Crippen LogP contribution is -2.42. The number of methoxy groups -OCH3 is 1. The van der Waals surface area contributed by atoms with Crippen LogP contribution in [0.1, 0.15) is 11.1 Å². The third-order valence-corrected chi connectivity index (χ3v) is 5.80. The molecule has 150 valence electrons. The van der Waals surface area contributed by atoms with Gasteiger partial charge in [0.1, 0.15) is 17.2 Å². The molecule has 1 spiro atoms. The average Bonchev–Trinajstić information content (AvgIpc) is 2.98. The van der Waals surface area contributed by atoms with Gasteiger partial charge in [-0.1, -0.05) is 29.8 Å². The molecule has 2 aliphatic rings. The van der Waals surface area contributed by atoms with E-state index in [4.69, 9.17) is 26.8 Å². The number of benzene rings is 3. The van der Waals surface area contributed by atoms with E-state index in [1.54, 1.807) is 32.4 Å². The first-order chi connectivity index (χ1) is 14.4. The summed E-state index contributed by atoms with van der Waals surface area (Å²) in [5, 5.41) is 0.630. The zero-order chi connectivity index (χ0) is 21.0. The Morgan fingerprint density at radius 1 is 1.03 bits per heavy atom. The first-order valence-electron chi connectivity index (χ1n) is 9.34. The van der Waals surface area contributed by atoms with Crippen molar-refractivity contribution in [3.8, 4) is 28.4 Å². The van der Waals surface area contributed by atoms with E-state index in [1.807, 2.05) is 42.5 Å². The van der Waals surface area contributed by atoms with Crippen molar-refractivity contribution < 1.29 is 14.3 Å². The number of carbonyl (C=O) groups excluding carboxylic acids is 1. The molecule has 0 fully saturated rings. The Hall–Kier alpha value is -3.51. The maximum absolute atomic E-state index is 13.5. The molecule has 1 unspecified atom stereocenters. The Balaban J connectivity index is 1.80. The van der Waals surface area contributed by atoms with Crippen LogP contribution < -0.4 is 15.2 Å². The van der Waals surface area contributed by atoms with Gasteiger partial charge >= 0.3 is 0 Å². The third-order valence-electron chi connectivity index (χ3n) is 5.56. The van der Waals surface area contributed by atoms with Crippen molar-refractivity contribution in [1.82, 2.24) is 4.90 Å². The van der Waals surface area contributed by atoms with Crippen molar-refractivity contribution in [3.63, 3.8) is 0 Å². The Bertz CT molecular complexity index is 1240. The molecule has 0 saturated heterocycles. The van der Waals surface area contributed by atoms with E-state index in [9.17, 15) is 4.79 Å². The van der Waals surface area contributed by atoms with Gasteiger partial charge in [0.15, 0.2) is 5.96 Å². The van der Waals surface area contributed by atoms with Crippen molar-refractivity contribution in [2.45, 2.75) is 5.54 Å². The topological polar surface area (TPSA) is 77.2 Å². The van der Waals surface area contributed by atoms with Crippen molar-refractivity contribution in [2.75, 3.05) is 14.2 Å². The predicted octanol–water partition coefficient (Wildman–Crippen LogP) is 4.15. The molecule has 2 N–H and O–H groups in total. The normalized spacial score (nSPS) is 19.2. The van der Waals surface area contributed by atoms with Gasteiger partial charge in [-0.2, -0.15) is 0 Å². The highest BCUT2D eigenvalue weighted by Gasteiger charge is 2.54. The standard InChI is InChI=1S/C23H18ClN3O3/c1-27-21(28)23(26-22(27)25)17-11-14(13-4-3-5-15(24)10-13)6-8-19(17)30-20-9-7-16(29-2)12-18(20)23/h3-12H,1-2H3,(H2,25,26). The minimum absolute atomic E-state index is 0.148. The van der Waals surface area contributed by atoms with Gasteiger partial charge in [-0.25, -0.2) is 4.99 Å². The SMILES string of the molecule is COc1ccc2c(c1)C1(N=C(N)N(C)C1=O)c1cc(-c3cccc(Cl)c3)ccc1O2. The number of amides is 1. The number of fused-ring (bicyclic) bond motifs is 4. The van der Waals surface area contributed by atoms with Crippen molar-refractivity contribution in [3.05, 3.63) is 76.8 Å². The van der Waals surface area contributed by atoms with E-state index in [1.165, 1.54) is 4.90 Å². The fraction of sp³-hybridized carbons (Fsp3) is 0.130. The number of ether oxygens (including phenoxy) is 2. The van der Waals surface area contributed by atoms with Crippen LogP contribution in [0.25, 0.3) is 11.1 Å². The quantitative estimate of drug-likeness (QED) is 0.676. The summed E-state index contributed by atoms with van der Waals surface area (Å²) < 4.78 is 11.5. The number of aliphatic imine (C=N–C) groups is 1. The van der Waals surface area contributed by atoms with E-state index < -0.39 is 5.54 Å². The number of nitrogens with zero attached hydrogens (tertiary/aromatic N) is 2. The fourth-order valence-electron chi connectivity index (χ4n) is 4.01. The molecule has 3 aromatic rings. The average molecular weight is 420 g/mol. The summed E-state index contributed by atoms with van der Waals surface area (Å²) >= 11 is 6.18. The molecular formula is C23H18ClN3O3. The monoisotopic (exact) mass is 419 g/mol. The lowest BCUT2D eigenvalue weighted by molar-refractivity contribution is -0.129. The van der Waals surface area contributed by atoms with Crippen LogP contribution in [0.2, 0.25) is 5.02 Å². The lowest BCUT2D eigenvalue weighted by Gasteiger charge is -2.34. The predicted molar refractivity (Wildman–Crippen MR) is 115 cm³/mol. The van der Waals surface area contributed by atoms with Gasteiger partial charge in [0, 0.05) is 23.2 Å². The molecule has 30 heavy (non-hydrogen) atoms. The van der Waals surface area contributed by atoms with Crippen molar-refractivity contribution >= 4 is 23.5 Å². The number of hydrogen-bond acceptors (Lipinski definition) is 5. The van der Waals surface area contributed by atoms with E-state index in [-0.39, 0.29) is 11.9 Å². The van der Waals surface area contributed by atoms with Crippen LogP contribution in [0.3, 0.4) is 0 Å². The molecule has 6 nitrogen and oxygen atoms in total. The number of guanidine groups is 1. The third kappa shape index (κ3) is 2.50. The molecule has 5 rings (SSSR count). The van der Waals surface area contributed by atoms with E-state index in [0.717, 1.165) is 11.1 Å². The minimum atomic E-state index is -1.34. The highest BCUT2D eigenvalue weighted by atomic mass is 35.5. The number of likely N-dealkylation sites (N-methyl/N-ethyl adjacent to an activating group) is 1. The van der Waals surface area contributed by atoms with Gasteiger partial charge in [0.25, 0.3) is 5.91 Å². The number of hydrogen-bond donors (Lipinski definition) is 1. The van der Waals surface area contributed by atoms with Gasteiger partial charge in [-0.05, 0) is 53.6 Å². The summed E-state index contributed by atoms with van der Waals surface area (Å²) in [6.07, 6.45) is 0. The molecule has 2 heterocycles. The molecule has 0 bridgehead atoms. The highest BCUT2D eigenvalue weighted by Crippen LogP contribution is 2.53. The number of rotatable bonds is 2. The molecule has 0 saturated carbocycles. The Kier molecular flexibility index (Phi) is 4.01. The Morgan fingerprint density at radius 2 is 1.73 bits per heavy atom. The first-order valence-corrected chi connectivity index (χ1v) is 9.72. The molecule has 1 atom stereocenters. The van der Waals surface area contributed by atoms with Gasteiger partial charge in [-0.3, -0.25) is 9.69 Å². The van der Waals surface area contributed by atoms with Crippen LogP contribution in [0.5, 0.6) is 17.2 Å². The second-order valence-corrected chi connectivity index (χ2v) is 7.67. The fourth-order valence-corrected chi connectivity index (χ4v) is 4.20. The highest BCUT2D eigenvalue weighted by molar-refractivity contribution is 6.30. The van der Waals surface area contributed by atoms with Crippen LogP contribution >= 0.6 is 11.6 Å². The van der Waals surface area contributed by atoms with Crippen LogP contribution in [-0.4, -0.2) is 30.9 Å². The Labute approximate surface area is 178 Å². The smallest absolute Gasteiger partial charge is 0.266 e. The Morgan fingerprint density at radius 3 is 2.40 bits per heavy atom. The van der Waals surface area contributed by atoms with Crippen LogP contribution in [0, 0.1) is 0 Å². The van der Waals surface area contributed by atoms with Gasteiger partial charge in [-0.15, -0.1) is 0 Å². The maximum Gasteiger partial charge on any atom is 0.266 e. The van der Waals surface area contributed by atoms with Crippen LogP contribution in [0.15, 0.2) is 65.7 Å². The van der Waals surface area contributed by atoms with Crippen LogP contribution in [0.4, 0.5) is 0 Å². The van der Waals surface area contributed by atoms with Crippen molar-refractivity contribution in [1.29, 1.82) is 0 Å². The second-order valence-electron chi connectivity index (χ2n) is 7.23. The van der Waals surface area contributed by atoms with Gasteiger partial charge < -0.3 is 15.2 Å². The van der Waals surface area contributed by atoms with Gasteiger partial charge in [0.05, 0.1) is 7.11 Å². The summed E-state index contributed by atoms with van der Waals surface area (Å²) in [6, 6.07) is 18.6. The summed E-state index contributed by atoms with van der Waals surface area (Å²) in [7, 11) is 3.19. The van der Waals surface area contributed by atoms with E-state index in [0.29, 0.717) is 33.4 Å². The molecule has 0 radical (unpaired) electrons. The molecule has 2 aliphatic heterocycles. The number of nitrogens with two attached hydrogens (primary N) is 1. The second kappa shape index (κ2) is 6.50. The molecule has 0 aromatic heterocycles. The summed E-state index contributed by atoms with van der Waals surface area (Å²) in [4.78, 5) is 19.6. The molecule has 0 aliphatic carbocycles. The summed E-state index contributed by atoms with van der Waals surface area (Å²) in [6.45, 7) is 0. The summed E-state index contributed by atoms with van der Waals surface area (Å²) in [5.41, 5.74) is 7.78. The number of carbonyl (C=O) groups is 1. The van der Waals surface area contributed by atoms with Gasteiger partial charge in [0.2, 0.25) is 5.54 Å². The number of halogens is 1. The first kappa shape index (κ1) is 18.5. The van der Waals surface area contributed by atoms with E-state index in [2.05, 4.69) is 4.99 Å².